The van der Waals surface area contributed by atoms with E-state index in [0.29, 0.717) is 0 Å². The number of amides is 3. The summed E-state index contributed by atoms with van der Waals surface area (Å²) >= 11 is 0. The SMILES string of the molecule is O=C(CCC(=O)OCC1OC(O)CC(O)[C@@H]1F)NCCN1C(=O)C=CC1=O. The second-order valence-corrected chi connectivity index (χ2v) is 6.07. The average Bonchev–Trinajstić information content (AvgIpc) is 2.93. The molecule has 3 amide bonds. The zero-order valence-electron chi connectivity index (χ0n) is 14.4. The number of esters is 1. The van der Waals surface area contributed by atoms with Gasteiger partial charge in [0, 0.05) is 38.1 Å². The van der Waals surface area contributed by atoms with Gasteiger partial charge in [0.15, 0.2) is 12.5 Å². The van der Waals surface area contributed by atoms with E-state index in [1.807, 2.05) is 0 Å². The van der Waals surface area contributed by atoms with Gasteiger partial charge < -0.3 is 25.0 Å². The smallest absolute Gasteiger partial charge is 0.306 e. The second kappa shape index (κ2) is 9.53. The number of hydrogen-bond donors (Lipinski definition) is 3. The van der Waals surface area contributed by atoms with E-state index in [1.54, 1.807) is 0 Å². The number of carbonyl (C=O) groups excluding carboxylic acids is 4. The molecule has 0 aromatic rings. The number of nitrogens with zero attached hydrogens (tertiary/aromatic N) is 1. The molecule has 0 bridgehead atoms. The van der Waals surface area contributed by atoms with Crippen molar-refractivity contribution in [2.24, 2.45) is 0 Å². The molecule has 0 aromatic heterocycles. The van der Waals surface area contributed by atoms with Gasteiger partial charge in [0.05, 0.1) is 12.5 Å². The molecule has 4 atom stereocenters. The van der Waals surface area contributed by atoms with Crippen molar-refractivity contribution in [3.05, 3.63) is 12.2 Å². The van der Waals surface area contributed by atoms with E-state index in [1.165, 1.54) is 0 Å². The van der Waals surface area contributed by atoms with Gasteiger partial charge in [0.2, 0.25) is 5.91 Å². The van der Waals surface area contributed by atoms with Crippen molar-refractivity contribution >= 4 is 23.7 Å². The third-order valence-corrected chi connectivity index (χ3v) is 4.02. The number of hydrogen-bond acceptors (Lipinski definition) is 8. The number of aliphatic hydroxyl groups is 2. The lowest BCUT2D eigenvalue weighted by atomic mass is 10.0. The van der Waals surface area contributed by atoms with Gasteiger partial charge in [0.1, 0.15) is 12.7 Å². The first-order chi connectivity index (χ1) is 12.8. The Bertz CT molecular complexity index is 608. The van der Waals surface area contributed by atoms with E-state index in [2.05, 4.69) is 5.32 Å². The fraction of sp³-hybridized carbons (Fsp3) is 0.625. The Labute approximate surface area is 153 Å². The van der Waals surface area contributed by atoms with E-state index in [-0.39, 0.29) is 32.4 Å². The Balaban J connectivity index is 1.60. The van der Waals surface area contributed by atoms with Crippen LogP contribution in [0, 0.1) is 0 Å². The molecule has 3 unspecified atom stereocenters. The molecule has 2 heterocycles. The Morgan fingerprint density at radius 1 is 1.26 bits per heavy atom. The molecule has 0 aromatic carbocycles. The van der Waals surface area contributed by atoms with Gasteiger partial charge in [-0.25, -0.2) is 4.39 Å². The maximum absolute atomic E-state index is 13.7. The first kappa shape index (κ1) is 20.9. The van der Waals surface area contributed by atoms with Gasteiger partial charge in [-0.1, -0.05) is 0 Å². The van der Waals surface area contributed by atoms with Crippen LogP contribution in [0.15, 0.2) is 12.2 Å². The van der Waals surface area contributed by atoms with Gasteiger partial charge in [-0.15, -0.1) is 0 Å². The first-order valence-electron chi connectivity index (χ1n) is 8.39. The van der Waals surface area contributed by atoms with Crippen molar-refractivity contribution in [2.45, 2.75) is 43.9 Å². The number of alkyl halides is 1. The minimum absolute atomic E-state index is 0.0163. The van der Waals surface area contributed by atoms with E-state index < -0.39 is 55.0 Å². The molecule has 2 aliphatic rings. The molecule has 0 aliphatic carbocycles. The van der Waals surface area contributed by atoms with Crippen molar-refractivity contribution in [3.8, 4) is 0 Å². The summed E-state index contributed by atoms with van der Waals surface area (Å²) in [5.41, 5.74) is 0. The quantitative estimate of drug-likeness (QED) is 0.325. The minimum Gasteiger partial charge on any atom is -0.463 e. The van der Waals surface area contributed by atoms with Crippen LogP contribution in [0.5, 0.6) is 0 Å². The van der Waals surface area contributed by atoms with Gasteiger partial charge in [-0.2, -0.15) is 0 Å². The van der Waals surface area contributed by atoms with E-state index in [9.17, 15) is 33.8 Å². The average molecular weight is 388 g/mol. The second-order valence-electron chi connectivity index (χ2n) is 6.07. The van der Waals surface area contributed by atoms with E-state index in [4.69, 9.17) is 9.47 Å². The standard InChI is InChI=1S/C16H21FN2O8/c17-16-9(20)7-15(25)27-10(16)8-26-14(24)4-1-11(21)18-5-6-19-12(22)2-3-13(19)23/h2-3,9-10,15-16,20,25H,1,4-8H2,(H,18,21)/t9?,10?,15?,16-/m0/s1. The molecule has 0 spiro atoms. The number of carbonyl (C=O) groups is 4. The summed E-state index contributed by atoms with van der Waals surface area (Å²) in [4.78, 5) is 46.9. The van der Waals surface area contributed by atoms with E-state index in [0.717, 1.165) is 17.1 Å². The van der Waals surface area contributed by atoms with Crippen LogP contribution in [-0.2, 0) is 28.7 Å². The van der Waals surface area contributed by atoms with Crippen molar-refractivity contribution in [2.75, 3.05) is 19.7 Å². The summed E-state index contributed by atoms with van der Waals surface area (Å²) in [5, 5.41) is 21.2. The van der Waals surface area contributed by atoms with Crippen molar-refractivity contribution in [3.63, 3.8) is 0 Å². The summed E-state index contributed by atoms with van der Waals surface area (Å²) in [6.45, 7) is -0.438. The lowest BCUT2D eigenvalue weighted by molar-refractivity contribution is -0.228. The van der Waals surface area contributed by atoms with Crippen LogP contribution in [0.2, 0.25) is 0 Å². The predicted molar refractivity (Wildman–Crippen MR) is 85.5 cm³/mol. The molecule has 150 valence electrons. The van der Waals surface area contributed by atoms with Gasteiger partial charge in [0.25, 0.3) is 11.8 Å². The molecule has 2 rings (SSSR count). The van der Waals surface area contributed by atoms with Crippen LogP contribution in [0.3, 0.4) is 0 Å². The summed E-state index contributed by atoms with van der Waals surface area (Å²) < 4.78 is 23.4. The van der Waals surface area contributed by atoms with Gasteiger partial charge in [-0.3, -0.25) is 24.1 Å². The molecule has 0 radical (unpaired) electrons. The number of halogens is 1. The zero-order valence-corrected chi connectivity index (χ0v) is 14.4. The highest BCUT2D eigenvalue weighted by Crippen LogP contribution is 2.22. The third-order valence-electron chi connectivity index (χ3n) is 4.02. The van der Waals surface area contributed by atoms with Crippen molar-refractivity contribution in [1.29, 1.82) is 0 Å². The summed E-state index contributed by atoms with van der Waals surface area (Å²) in [7, 11) is 0. The van der Waals surface area contributed by atoms with Crippen molar-refractivity contribution in [1.82, 2.24) is 10.2 Å². The largest absolute Gasteiger partial charge is 0.463 e. The molecule has 2 aliphatic heterocycles. The molecular formula is C16H21FN2O8. The lowest BCUT2D eigenvalue weighted by Crippen LogP contribution is -2.48. The highest BCUT2D eigenvalue weighted by molar-refractivity contribution is 6.12. The fourth-order valence-electron chi connectivity index (χ4n) is 2.56. The number of nitrogens with one attached hydrogen (secondary N) is 1. The number of imide groups is 1. The normalized spacial score (nSPS) is 27.7. The van der Waals surface area contributed by atoms with Crippen molar-refractivity contribution < 1.29 is 43.3 Å². The fourth-order valence-corrected chi connectivity index (χ4v) is 2.56. The van der Waals surface area contributed by atoms with Crippen LogP contribution in [-0.4, -0.2) is 83.2 Å². The molecule has 1 fully saturated rings. The summed E-state index contributed by atoms with van der Waals surface area (Å²) in [6.07, 6.45) is -4.30. The first-order valence-corrected chi connectivity index (χ1v) is 8.39. The Kier molecular flexibility index (Phi) is 7.39. The van der Waals surface area contributed by atoms with Crippen LogP contribution in [0.1, 0.15) is 19.3 Å². The molecule has 10 nitrogen and oxygen atoms in total. The lowest BCUT2D eigenvalue weighted by Gasteiger charge is -2.33. The molecular weight excluding hydrogens is 367 g/mol. The Morgan fingerprint density at radius 2 is 1.93 bits per heavy atom. The van der Waals surface area contributed by atoms with Gasteiger partial charge >= 0.3 is 5.97 Å². The maximum Gasteiger partial charge on any atom is 0.306 e. The van der Waals surface area contributed by atoms with Crippen LogP contribution in [0.4, 0.5) is 4.39 Å². The zero-order chi connectivity index (χ0) is 20.0. The topological polar surface area (TPSA) is 142 Å². The summed E-state index contributed by atoms with van der Waals surface area (Å²) in [6, 6.07) is 0. The predicted octanol–water partition coefficient (Wildman–Crippen LogP) is -1.84. The third kappa shape index (κ3) is 6.08. The number of rotatable bonds is 8. The molecule has 27 heavy (non-hydrogen) atoms. The highest BCUT2D eigenvalue weighted by atomic mass is 19.1. The van der Waals surface area contributed by atoms with Gasteiger partial charge in [-0.05, 0) is 0 Å². The molecule has 0 saturated carbocycles. The maximum atomic E-state index is 13.7. The Hall–Kier alpha value is -2.37. The Morgan fingerprint density at radius 3 is 2.59 bits per heavy atom. The number of ether oxygens (including phenoxy) is 2. The number of aliphatic hydroxyl groups excluding tert-OH is 2. The summed E-state index contributed by atoms with van der Waals surface area (Å²) in [5.74, 6) is -2.17. The molecule has 3 N–H and O–H groups in total. The molecule has 11 heteroatoms. The van der Waals surface area contributed by atoms with Crippen LogP contribution >= 0.6 is 0 Å². The minimum atomic E-state index is -1.80. The van der Waals surface area contributed by atoms with E-state index >= 15 is 0 Å². The van der Waals surface area contributed by atoms with Crippen LogP contribution in [0.25, 0.3) is 0 Å². The monoisotopic (exact) mass is 388 g/mol. The van der Waals surface area contributed by atoms with Crippen LogP contribution < -0.4 is 5.32 Å². The molecule has 1 saturated heterocycles. The highest BCUT2D eigenvalue weighted by Gasteiger charge is 2.38.